The first kappa shape index (κ1) is 16.3. The number of nitrogens with zero attached hydrogens (tertiary/aromatic N) is 1. The summed E-state index contributed by atoms with van der Waals surface area (Å²) in [5.74, 6) is 0. The first-order valence-electron chi connectivity index (χ1n) is 1.34. The SMILES string of the molecule is CN(C)C.O.S. The second-order valence-electron chi connectivity index (χ2n) is 1.34. The number of hydrogen-bond donors (Lipinski definition) is 0. The van der Waals surface area contributed by atoms with Crippen LogP contribution >= 0.6 is 13.5 Å². The summed E-state index contributed by atoms with van der Waals surface area (Å²) in [6.45, 7) is 0. The Bertz CT molecular complexity index is 15.5. The van der Waals surface area contributed by atoms with Crippen LogP contribution in [0, 0.1) is 0 Å². The maximum absolute atomic E-state index is 2.00. The van der Waals surface area contributed by atoms with Gasteiger partial charge in [0.2, 0.25) is 0 Å². The van der Waals surface area contributed by atoms with Crippen LogP contribution in [0.1, 0.15) is 0 Å². The van der Waals surface area contributed by atoms with Gasteiger partial charge < -0.3 is 10.4 Å². The van der Waals surface area contributed by atoms with Crippen LogP contribution in [0.3, 0.4) is 0 Å². The molecule has 0 bridgehead atoms. The Labute approximate surface area is 45.9 Å². The molecule has 0 saturated carbocycles. The van der Waals surface area contributed by atoms with Crippen molar-refractivity contribution in [1.29, 1.82) is 0 Å². The van der Waals surface area contributed by atoms with Gasteiger partial charge in [0.25, 0.3) is 0 Å². The smallest absolute Gasteiger partial charge is 0.0140 e. The molecular formula is C3H13NOS. The average molecular weight is 111 g/mol. The Morgan fingerprint density at radius 1 is 1.00 bits per heavy atom. The van der Waals surface area contributed by atoms with E-state index in [0.29, 0.717) is 0 Å². The summed E-state index contributed by atoms with van der Waals surface area (Å²) in [5.41, 5.74) is 0. The van der Waals surface area contributed by atoms with Gasteiger partial charge >= 0.3 is 0 Å². The van der Waals surface area contributed by atoms with Crippen molar-refractivity contribution in [3.05, 3.63) is 0 Å². The lowest BCUT2D eigenvalue weighted by Crippen LogP contribution is -1.99. The van der Waals surface area contributed by atoms with Crippen LogP contribution in [-0.4, -0.2) is 31.5 Å². The maximum atomic E-state index is 2.00. The van der Waals surface area contributed by atoms with Gasteiger partial charge in [0, 0.05) is 0 Å². The lowest BCUT2D eigenvalue weighted by Gasteiger charge is -1.90. The highest BCUT2D eigenvalue weighted by atomic mass is 32.1. The molecule has 0 amide bonds. The molecule has 42 valence electrons. The van der Waals surface area contributed by atoms with E-state index < -0.39 is 0 Å². The van der Waals surface area contributed by atoms with E-state index in [1.54, 1.807) is 0 Å². The van der Waals surface area contributed by atoms with E-state index in [2.05, 4.69) is 0 Å². The lowest BCUT2D eigenvalue weighted by atomic mass is 11.0. The van der Waals surface area contributed by atoms with E-state index in [0.717, 1.165) is 0 Å². The van der Waals surface area contributed by atoms with Crippen molar-refractivity contribution in [2.75, 3.05) is 21.1 Å². The Morgan fingerprint density at radius 2 is 1.00 bits per heavy atom. The minimum Gasteiger partial charge on any atom is -0.412 e. The summed E-state index contributed by atoms with van der Waals surface area (Å²) in [4.78, 5) is 2.00. The molecule has 0 aliphatic rings. The molecule has 0 rings (SSSR count). The summed E-state index contributed by atoms with van der Waals surface area (Å²) < 4.78 is 0. The topological polar surface area (TPSA) is 34.7 Å². The lowest BCUT2D eigenvalue weighted by molar-refractivity contribution is 0.505. The maximum Gasteiger partial charge on any atom is -0.0140 e. The molecule has 2 nitrogen and oxygen atoms in total. The molecule has 0 saturated heterocycles. The normalized spacial score (nSPS) is 6.00. The second-order valence-corrected chi connectivity index (χ2v) is 1.34. The monoisotopic (exact) mass is 111 g/mol. The van der Waals surface area contributed by atoms with Crippen LogP contribution < -0.4 is 0 Å². The molecule has 0 atom stereocenters. The van der Waals surface area contributed by atoms with Crippen LogP contribution in [0.2, 0.25) is 0 Å². The fraction of sp³-hybridized carbons (Fsp3) is 1.00. The molecule has 0 aromatic rings. The van der Waals surface area contributed by atoms with Crippen molar-refractivity contribution >= 4 is 13.5 Å². The van der Waals surface area contributed by atoms with Crippen LogP contribution in [0.15, 0.2) is 0 Å². The van der Waals surface area contributed by atoms with Gasteiger partial charge in [0.15, 0.2) is 0 Å². The third kappa shape index (κ3) is 626. The van der Waals surface area contributed by atoms with Gasteiger partial charge in [-0.3, -0.25) is 0 Å². The second kappa shape index (κ2) is 8.99. The van der Waals surface area contributed by atoms with Gasteiger partial charge in [-0.1, -0.05) is 0 Å². The minimum atomic E-state index is 0. The van der Waals surface area contributed by atoms with E-state index in [1.165, 1.54) is 0 Å². The molecule has 0 fully saturated rings. The Morgan fingerprint density at radius 3 is 1.00 bits per heavy atom. The molecule has 0 aliphatic heterocycles. The fourth-order valence-electron chi connectivity index (χ4n) is 0. The van der Waals surface area contributed by atoms with Crippen LogP contribution in [0.5, 0.6) is 0 Å². The van der Waals surface area contributed by atoms with Crippen molar-refractivity contribution in [3.8, 4) is 0 Å². The van der Waals surface area contributed by atoms with Crippen molar-refractivity contribution in [2.24, 2.45) is 0 Å². The standard InChI is InChI=1S/C3H9N.H2O.H2S/c1-4(2)3;;/h1-3H3;2*1H2. The first-order valence-corrected chi connectivity index (χ1v) is 1.34. The highest BCUT2D eigenvalue weighted by Crippen LogP contribution is 1.47. The van der Waals surface area contributed by atoms with E-state index in [9.17, 15) is 0 Å². The molecule has 6 heavy (non-hydrogen) atoms. The van der Waals surface area contributed by atoms with Gasteiger partial charge in [0.05, 0.1) is 0 Å². The molecule has 0 spiro atoms. The molecule has 0 aromatic carbocycles. The molecule has 0 unspecified atom stereocenters. The van der Waals surface area contributed by atoms with Gasteiger partial charge in [-0.25, -0.2) is 0 Å². The molecule has 0 radical (unpaired) electrons. The Hall–Kier alpha value is 0.270. The molecule has 0 aliphatic carbocycles. The van der Waals surface area contributed by atoms with Crippen molar-refractivity contribution < 1.29 is 5.48 Å². The van der Waals surface area contributed by atoms with E-state index >= 15 is 0 Å². The van der Waals surface area contributed by atoms with Crippen LogP contribution in [0.4, 0.5) is 0 Å². The van der Waals surface area contributed by atoms with Crippen molar-refractivity contribution in [2.45, 2.75) is 0 Å². The number of rotatable bonds is 0. The summed E-state index contributed by atoms with van der Waals surface area (Å²) in [7, 11) is 6.00. The third-order valence-electron chi connectivity index (χ3n) is 0. The third-order valence-corrected chi connectivity index (χ3v) is 0. The molecule has 2 N–H and O–H groups in total. The van der Waals surface area contributed by atoms with E-state index in [1.807, 2.05) is 26.0 Å². The zero-order chi connectivity index (χ0) is 3.58. The number of hydrogen-bond acceptors (Lipinski definition) is 1. The fourth-order valence-corrected chi connectivity index (χ4v) is 0. The molecule has 0 aromatic heterocycles. The van der Waals surface area contributed by atoms with Gasteiger partial charge in [-0.15, -0.1) is 0 Å². The predicted molar refractivity (Wildman–Crippen MR) is 33.6 cm³/mol. The quantitative estimate of drug-likeness (QED) is 0.413. The Balaban J connectivity index is -0.0000000450. The zero-order valence-electron chi connectivity index (χ0n) is 4.45. The van der Waals surface area contributed by atoms with Crippen LogP contribution in [0.25, 0.3) is 0 Å². The van der Waals surface area contributed by atoms with Gasteiger partial charge in [-0.05, 0) is 21.1 Å². The largest absolute Gasteiger partial charge is 0.412 e. The zero-order valence-corrected chi connectivity index (χ0v) is 5.45. The Kier molecular flexibility index (Phi) is 24.4. The average Bonchev–Trinajstić information content (AvgIpc) is 0.811. The molecule has 0 heterocycles. The van der Waals surface area contributed by atoms with Gasteiger partial charge in [-0.2, -0.15) is 13.5 Å². The first-order chi connectivity index (χ1) is 1.73. The highest BCUT2D eigenvalue weighted by molar-refractivity contribution is 7.59. The summed E-state index contributed by atoms with van der Waals surface area (Å²) in [6, 6.07) is 0. The summed E-state index contributed by atoms with van der Waals surface area (Å²) in [6.07, 6.45) is 0. The highest BCUT2D eigenvalue weighted by Gasteiger charge is 1.58. The van der Waals surface area contributed by atoms with E-state index in [4.69, 9.17) is 0 Å². The predicted octanol–water partition coefficient (Wildman–Crippen LogP) is -0.534. The molecular weight excluding hydrogens is 98.1 g/mol. The molecule has 3 heteroatoms. The summed E-state index contributed by atoms with van der Waals surface area (Å²) >= 11 is 0. The van der Waals surface area contributed by atoms with Crippen molar-refractivity contribution in [3.63, 3.8) is 0 Å². The minimum absolute atomic E-state index is 0. The van der Waals surface area contributed by atoms with Crippen molar-refractivity contribution in [1.82, 2.24) is 4.90 Å². The van der Waals surface area contributed by atoms with Gasteiger partial charge in [0.1, 0.15) is 0 Å². The summed E-state index contributed by atoms with van der Waals surface area (Å²) in [5, 5.41) is 0. The van der Waals surface area contributed by atoms with Crippen LogP contribution in [-0.2, 0) is 0 Å². The van der Waals surface area contributed by atoms with E-state index in [-0.39, 0.29) is 19.0 Å².